The Morgan fingerprint density at radius 2 is 1.71 bits per heavy atom. The van der Waals surface area contributed by atoms with E-state index in [1.807, 2.05) is 12.1 Å². The third-order valence-electron chi connectivity index (χ3n) is 4.98. The first-order valence-electron chi connectivity index (χ1n) is 7.81. The van der Waals surface area contributed by atoms with Crippen molar-refractivity contribution in [3.63, 3.8) is 0 Å². The van der Waals surface area contributed by atoms with Crippen LogP contribution in [0.15, 0.2) is 29.2 Å². The molecule has 21 heavy (non-hydrogen) atoms. The molecular formula is C16H24N2O2S. The van der Waals surface area contributed by atoms with Crippen LogP contribution in [0.25, 0.3) is 0 Å². The lowest BCUT2D eigenvalue weighted by Crippen LogP contribution is -2.47. The highest BCUT2D eigenvalue weighted by Gasteiger charge is 2.35. The summed E-state index contributed by atoms with van der Waals surface area (Å²) in [5, 5.41) is 3.66. The van der Waals surface area contributed by atoms with Crippen molar-refractivity contribution in [3.05, 3.63) is 24.3 Å². The Kier molecular flexibility index (Phi) is 3.97. The summed E-state index contributed by atoms with van der Waals surface area (Å²) in [5.74, 6) is 0.153. The number of hydrogen-bond donors (Lipinski definition) is 1. The molecule has 2 aliphatic rings. The first-order chi connectivity index (χ1) is 9.99. The maximum Gasteiger partial charge on any atom is 0.178 e. The van der Waals surface area contributed by atoms with E-state index in [9.17, 15) is 8.42 Å². The van der Waals surface area contributed by atoms with Gasteiger partial charge in [-0.1, -0.05) is 6.92 Å². The molecule has 1 N–H and O–H groups in total. The molecule has 2 aliphatic heterocycles. The minimum Gasteiger partial charge on any atom is -0.371 e. The number of anilines is 1. The van der Waals surface area contributed by atoms with Crippen molar-refractivity contribution in [2.75, 3.05) is 17.7 Å². The van der Waals surface area contributed by atoms with Gasteiger partial charge in [0.05, 0.1) is 10.6 Å². The van der Waals surface area contributed by atoms with E-state index < -0.39 is 9.84 Å². The van der Waals surface area contributed by atoms with Gasteiger partial charge < -0.3 is 10.2 Å². The first-order valence-corrected chi connectivity index (χ1v) is 9.46. The van der Waals surface area contributed by atoms with Crippen LogP contribution in [0, 0.1) is 0 Å². The summed E-state index contributed by atoms with van der Waals surface area (Å²) >= 11 is 0. The maximum atomic E-state index is 11.9. The Bertz CT molecular complexity index is 585. The van der Waals surface area contributed by atoms with Gasteiger partial charge in [0.2, 0.25) is 0 Å². The Morgan fingerprint density at radius 1 is 1.14 bits per heavy atom. The van der Waals surface area contributed by atoms with Crippen LogP contribution < -0.4 is 10.2 Å². The average Bonchev–Trinajstić information content (AvgIpc) is 2.85. The van der Waals surface area contributed by atoms with Gasteiger partial charge in [0.25, 0.3) is 0 Å². The second-order valence-corrected chi connectivity index (χ2v) is 8.55. The van der Waals surface area contributed by atoms with Crippen LogP contribution in [0.1, 0.15) is 32.6 Å². The van der Waals surface area contributed by atoms with E-state index in [4.69, 9.17) is 0 Å². The largest absolute Gasteiger partial charge is 0.371 e. The Balaban J connectivity index is 1.75. The minimum absolute atomic E-state index is 0.153. The number of hydrogen-bond acceptors (Lipinski definition) is 4. The number of nitrogens with zero attached hydrogens (tertiary/aromatic N) is 1. The van der Waals surface area contributed by atoms with E-state index in [1.165, 1.54) is 25.7 Å². The Hall–Kier alpha value is -1.07. The molecule has 2 saturated heterocycles. The molecule has 0 radical (unpaired) electrons. The molecule has 0 amide bonds. The van der Waals surface area contributed by atoms with Crippen LogP contribution in [0.5, 0.6) is 0 Å². The highest BCUT2D eigenvalue weighted by molar-refractivity contribution is 7.91. The number of sulfone groups is 1. The summed E-state index contributed by atoms with van der Waals surface area (Å²) in [4.78, 5) is 2.74. The standard InChI is InChI=1S/C16H24N2O2S/c1-3-21(19,20)16-8-6-14(7-9-16)18(2)15-10-12-4-5-13(11-15)17-12/h6-9,12-13,15,17H,3-5,10-11H2,1-2H3. The second-order valence-electron chi connectivity index (χ2n) is 6.27. The molecule has 1 aromatic rings. The summed E-state index contributed by atoms with van der Waals surface area (Å²) in [6.07, 6.45) is 4.95. The lowest BCUT2D eigenvalue weighted by atomic mass is 9.98. The number of benzene rings is 1. The van der Waals surface area contributed by atoms with Crippen LogP contribution in [-0.4, -0.2) is 39.3 Å². The molecule has 0 aliphatic carbocycles. The molecule has 2 bridgehead atoms. The summed E-state index contributed by atoms with van der Waals surface area (Å²) < 4.78 is 23.7. The molecule has 2 fully saturated rings. The van der Waals surface area contributed by atoms with Gasteiger partial charge in [-0.05, 0) is 49.9 Å². The van der Waals surface area contributed by atoms with Gasteiger partial charge in [-0.2, -0.15) is 0 Å². The molecule has 5 heteroatoms. The zero-order valence-electron chi connectivity index (χ0n) is 12.7. The van der Waals surface area contributed by atoms with E-state index in [0.29, 0.717) is 23.0 Å². The van der Waals surface area contributed by atoms with Gasteiger partial charge in [-0.25, -0.2) is 8.42 Å². The van der Waals surface area contributed by atoms with Gasteiger partial charge in [-0.3, -0.25) is 0 Å². The molecule has 1 aromatic carbocycles. The zero-order valence-corrected chi connectivity index (χ0v) is 13.6. The van der Waals surface area contributed by atoms with Crippen molar-refractivity contribution in [2.24, 2.45) is 0 Å². The normalized spacial score (nSPS) is 28.6. The second kappa shape index (κ2) is 5.61. The Morgan fingerprint density at radius 3 is 2.24 bits per heavy atom. The van der Waals surface area contributed by atoms with Crippen molar-refractivity contribution < 1.29 is 8.42 Å². The fourth-order valence-corrected chi connectivity index (χ4v) is 4.49. The van der Waals surface area contributed by atoms with Crippen LogP contribution in [0.2, 0.25) is 0 Å². The number of rotatable bonds is 4. The van der Waals surface area contributed by atoms with Crippen LogP contribution in [0.4, 0.5) is 5.69 Å². The molecule has 0 spiro atoms. The van der Waals surface area contributed by atoms with Crippen LogP contribution in [0.3, 0.4) is 0 Å². The van der Waals surface area contributed by atoms with Crippen molar-refractivity contribution in [3.8, 4) is 0 Å². The highest BCUT2D eigenvalue weighted by Crippen LogP contribution is 2.31. The third kappa shape index (κ3) is 2.94. The lowest BCUT2D eigenvalue weighted by molar-refractivity contribution is 0.355. The summed E-state index contributed by atoms with van der Waals surface area (Å²) in [6, 6.07) is 9.23. The highest BCUT2D eigenvalue weighted by atomic mass is 32.2. The minimum atomic E-state index is -3.10. The van der Waals surface area contributed by atoms with Gasteiger partial charge in [-0.15, -0.1) is 0 Å². The van der Waals surface area contributed by atoms with Crippen LogP contribution >= 0.6 is 0 Å². The van der Waals surface area contributed by atoms with Gasteiger partial charge in [0.15, 0.2) is 9.84 Å². The Labute approximate surface area is 127 Å². The average molecular weight is 308 g/mol. The molecule has 3 rings (SSSR count). The fraction of sp³-hybridized carbons (Fsp3) is 0.625. The lowest BCUT2D eigenvalue weighted by Gasteiger charge is -2.37. The monoisotopic (exact) mass is 308 g/mol. The molecule has 2 heterocycles. The number of fused-ring (bicyclic) bond motifs is 2. The molecule has 4 nitrogen and oxygen atoms in total. The smallest absolute Gasteiger partial charge is 0.178 e. The third-order valence-corrected chi connectivity index (χ3v) is 6.73. The van der Waals surface area contributed by atoms with E-state index in [2.05, 4.69) is 17.3 Å². The van der Waals surface area contributed by atoms with E-state index in [1.54, 1.807) is 19.1 Å². The summed E-state index contributed by atoms with van der Waals surface area (Å²) in [7, 11) is -0.978. The molecule has 2 atom stereocenters. The van der Waals surface area contributed by atoms with Crippen molar-refractivity contribution in [1.29, 1.82) is 0 Å². The van der Waals surface area contributed by atoms with E-state index in [-0.39, 0.29) is 5.75 Å². The quantitative estimate of drug-likeness (QED) is 0.926. The first kappa shape index (κ1) is 14.9. The number of piperidine rings is 1. The predicted octanol–water partition coefficient (Wildman–Crippen LogP) is 2.20. The predicted molar refractivity (Wildman–Crippen MR) is 85.5 cm³/mol. The molecule has 0 aromatic heterocycles. The SMILES string of the molecule is CCS(=O)(=O)c1ccc(N(C)C2CC3CCC(C2)N3)cc1. The molecule has 0 saturated carbocycles. The summed E-state index contributed by atoms with van der Waals surface area (Å²) in [5.41, 5.74) is 1.11. The van der Waals surface area contributed by atoms with E-state index in [0.717, 1.165) is 5.69 Å². The van der Waals surface area contributed by atoms with Crippen molar-refractivity contribution in [2.45, 2.75) is 55.6 Å². The van der Waals surface area contributed by atoms with E-state index >= 15 is 0 Å². The fourth-order valence-electron chi connectivity index (χ4n) is 3.61. The van der Waals surface area contributed by atoms with Gasteiger partial charge in [0, 0.05) is 30.9 Å². The topological polar surface area (TPSA) is 49.4 Å². The van der Waals surface area contributed by atoms with Crippen molar-refractivity contribution in [1.82, 2.24) is 5.32 Å². The van der Waals surface area contributed by atoms with Gasteiger partial charge >= 0.3 is 0 Å². The zero-order chi connectivity index (χ0) is 15.0. The van der Waals surface area contributed by atoms with Gasteiger partial charge in [0.1, 0.15) is 0 Å². The number of nitrogens with one attached hydrogen (secondary N) is 1. The van der Waals surface area contributed by atoms with Crippen LogP contribution in [-0.2, 0) is 9.84 Å². The molecule has 116 valence electrons. The molecular weight excluding hydrogens is 284 g/mol. The molecule has 2 unspecified atom stereocenters. The summed E-state index contributed by atoms with van der Waals surface area (Å²) in [6.45, 7) is 1.68. The van der Waals surface area contributed by atoms with Crippen molar-refractivity contribution >= 4 is 15.5 Å². The maximum absolute atomic E-state index is 11.9.